The molecule has 2 bridgehead atoms. The van der Waals surface area contributed by atoms with E-state index in [1.807, 2.05) is 42.5 Å². The van der Waals surface area contributed by atoms with Crippen LogP contribution in [-0.4, -0.2) is 12.6 Å². The highest BCUT2D eigenvalue weighted by molar-refractivity contribution is 5.95. The van der Waals surface area contributed by atoms with Crippen molar-refractivity contribution in [1.29, 1.82) is 0 Å². The van der Waals surface area contributed by atoms with E-state index >= 15 is 0 Å². The van der Waals surface area contributed by atoms with Gasteiger partial charge in [0.25, 0.3) is 0 Å². The van der Waals surface area contributed by atoms with Gasteiger partial charge in [0.2, 0.25) is 0 Å². The Balaban J connectivity index is 1.48. The van der Waals surface area contributed by atoms with Crippen LogP contribution < -0.4 is 0 Å². The first-order chi connectivity index (χ1) is 11.0. The van der Waals surface area contributed by atoms with Crippen LogP contribution in [0.1, 0.15) is 37.0 Å². The number of rotatable bonds is 3. The summed E-state index contributed by atoms with van der Waals surface area (Å²) in [7, 11) is 0. The number of carbonyl (C=O) groups excluding carboxylic acids is 1. The number of hydrogen-bond acceptors (Lipinski definition) is 2. The minimum atomic E-state index is -0.214. The van der Waals surface area contributed by atoms with Gasteiger partial charge >= 0.3 is 5.97 Å². The van der Waals surface area contributed by atoms with E-state index in [2.05, 4.69) is 26.0 Å². The van der Waals surface area contributed by atoms with Crippen molar-refractivity contribution in [3.05, 3.63) is 60.2 Å². The van der Waals surface area contributed by atoms with Crippen LogP contribution in [0.3, 0.4) is 0 Å². The number of allylic oxidation sites excluding steroid dienone is 2. The van der Waals surface area contributed by atoms with Crippen molar-refractivity contribution in [1.82, 2.24) is 0 Å². The average molecular weight is 306 g/mol. The zero-order valence-electron chi connectivity index (χ0n) is 13.7. The number of hydrogen-bond donors (Lipinski definition) is 0. The molecule has 0 saturated heterocycles. The summed E-state index contributed by atoms with van der Waals surface area (Å²) in [4.78, 5) is 12.4. The maximum Gasteiger partial charge on any atom is 0.338 e. The second-order valence-electron chi connectivity index (χ2n) is 7.79. The summed E-state index contributed by atoms with van der Waals surface area (Å²) in [6.45, 7) is 5.06. The molecule has 0 aromatic heterocycles. The molecule has 0 spiro atoms. The molecule has 1 fully saturated rings. The molecule has 2 heteroatoms. The molecule has 0 radical (unpaired) electrons. The van der Waals surface area contributed by atoms with Crippen molar-refractivity contribution in [2.24, 2.45) is 16.7 Å². The third-order valence-corrected chi connectivity index (χ3v) is 5.64. The Kier molecular flexibility index (Phi) is 3.12. The van der Waals surface area contributed by atoms with Gasteiger partial charge in [-0.2, -0.15) is 0 Å². The third-order valence-electron chi connectivity index (χ3n) is 5.64. The molecule has 118 valence electrons. The van der Waals surface area contributed by atoms with E-state index < -0.39 is 0 Å². The summed E-state index contributed by atoms with van der Waals surface area (Å²) in [6, 6.07) is 13.8. The van der Waals surface area contributed by atoms with Crippen LogP contribution in [0.4, 0.5) is 0 Å². The summed E-state index contributed by atoms with van der Waals surface area (Å²) >= 11 is 0. The number of benzene rings is 2. The van der Waals surface area contributed by atoms with E-state index in [-0.39, 0.29) is 11.4 Å². The lowest BCUT2D eigenvalue weighted by Crippen LogP contribution is -2.30. The minimum Gasteiger partial charge on any atom is -0.461 e. The van der Waals surface area contributed by atoms with E-state index in [1.165, 1.54) is 6.42 Å². The predicted molar refractivity (Wildman–Crippen MR) is 92.3 cm³/mol. The van der Waals surface area contributed by atoms with Gasteiger partial charge < -0.3 is 4.74 Å². The van der Waals surface area contributed by atoms with E-state index in [1.54, 1.807) is 0 Å². The molecule has 0 amide bonds. The average Bonchev–Trinajstić information content (AvgIpc) is 3.05. The SMILES string of the molecule is CC12C=CC(C1)C(C)(COC(=O)c1ccc3ccccc3c1)C2. The van der Waals surface area contributed by atoms with Crippen LogP contribution in [0.25, 0.3) is 10.8 Å². The fourth-order valence-electron chi connectivity index (χ4n) is 4.44. The zero-order valence-corrected chi connectivity index (χ0v) is 13.7. The Labute approximate surface area is 137 Å². The van der Waals surface area contributed by atoms with Crippen molar-refractivity contribution in [2.45, 2.75) is 26.7 Å². The molecule has 23 heavy (non-hydrogen) atoms. The number of fused-ring (bicyclic) bond motifs is 3. The Hall–Kier alpha value is -2.09. The highest BCUT2D eigenvalue weighted by atomic mass is 16.5. The molecule has 2 nitrogen and oxygen atoms in total. The molecular weight excluding hydrogens is 284 g/mol. The number of ether oxygens (including phenoxy) is 1. The van der Waals surface area contributed by atoms with E-state index in [9.17, 15) is 4.79 Å². The molecule has 3 atom stereocenters. The van der Waals surface area contributed by atoms with Gasteiger partial charge in [0.05, 0.1) is 12.2 Å². The van der Waals surface area contributed by atoms with Gasteiger partial charge in [0, 0.05) is 5.41 Å². The van der Waals surface area contributed by atoms with Crippen molar-refractivity contribution in [3.63, 3.8) is 0 Å². The first kappa shape index (κ1) is 14.5. The van der Waals surface area contributed by atoms with E-state index in [0.717, 1.165) is 17.2 Å². The monoisotopic (exact) mass is 306 g/mol. The van der Waals surface area contributed by atoms with Gasteiger partial charge in [-0.1, -0.05) is 56.3 Å². The molecule has 2 aliphatic rings. The van der Waals surface area contributed by atoms with Crippen molar-refractivity contribution in [2.75, 3.05) is 6.61 Å². The maximum absolute atomic E-state index is 12.4. The van der Waals surface area contributed by atoms with E-state index in [4.69, 9.17) is 4.74 Å². The summed E-state index contributed by atoms with van der Waals surface area (Å²) in [6.07, 6.45) is 6.95. The Morgan fingerprint density at radius 3 is 2.65 bits per heavy atom. The fourth-order valence-corrected chi connectivity index (χ4v) is 4.44. The third kappa shape index (κ3) is 2.46. The van der Waals surface area contributed by atoms with Crippen molar-refractivity contribution in [3.8, 4) is 0 Å². The summed E-state index contributed by atoms with van der Waals surface area (Å²) in [5.74, 6) is 0.325. The first-order valence-electron chi connectivity index (χ1n) is 8.33. The summed E-state index contributed by atoms with van der Waals surface area (Å²) < 4.78 is 5.69. The van der Waals surface area contributed by atoms with Crippen LogP contribution in [-0.2, 0) is 4.74 Å². The molecule has 2 aromatic carbocycles. The molecule has 2 aliphatic carbocycles. The molecule has 0 N–H and O–H groups in total. The largest absolute Gasteiger partial charge is 0.461 e. The molecule has 4 rings (SSSR count). The van der Waals surface area contributed by atoms with E-state index in [0.29, 0.717) is 23.5 Å². The quantitative estimate of drug-likeness (QED) is 0.590. The van der Waals surface area contributed by atoms with Gasteiger partial charge in [-0.25, -0.2) is 4.79 Å². The standard InChI is InChI=1S/C21H22O2/c1-20-10-9-18(12-20)21(2,13-20)14-23-19(22)17-8-7-15-5-3-4-6-16(15)11-17/h3-11,18H,12-14H2,1-2H3. The smallest absolute Gasteiger partial charge is 0.338 e. The highest BCUT2D eigenvalue weighted by Crippen LogP contribution is 2.58. The highest BCUT2D eigenvalue weighted by Gasteiger charge is 2.51. The molecule has 2 aromatic rings. The normalized spacial score (nSPS) is 31.7. The fraction of sp³-hybridized carbons (Fsp3) is 0.381. The first-order valence-corrected chi connectivity index (χ1v) is 8.33. The van der Waals surface area contributed by atoms with Crippen molar-refractivity contribution < 1.29 is 9.53 Å². The lowest BCUT2D eigenvalue weighted by molar-refractivity contribution is 0.0247. The second-order valence-corrected chi connectivity index (χ2v) is 7.79. The van der Waals surface area contributed by atoms with Crippen LogP contribution in [0.5, 0.6) is 0 Å². The lowest BCUT2D eigenvalue weighted by Gasteiger charge is -2.32. The van der Waals surface area contributed by atoms with Crippen LogP contribution in [0.2, 0.25) is 0 Å². The maximum atomic E-state index is 12.4. The summed E-state index contributed by atoms with van der Waals surface area (Å²) in [5.41, 5.74) is 1.02. The Morgan fingerprint density at radius 2 is 1.96 bits per heavy atom. The van der Waals surface area contributed by atoms with Gasteiger partial charge in [-0.15, -0.1) is 0 Å². The topological polar surface area (TPSA) is 26.3 Å². The second kappa shape index (κ2) is 4.95. The van der Waals surface area contributed by atoms with Crippen LogP contribution in [0.15, 0.2) is 54.6 Å². The van der Waals surface area contributed by atoms with Gasteiger partial charge in [0.15, 0.2) is 0 Å². The number of carbonyl (C=O) groups is 1. The molecule has 0 aliphatic heterocycles. The zero-order chi connectivity index (χ0) is 16.1. The predicted octanol–water partition coefficient (Wildman–Crippen LogP) is 4.99. The minimum absolute atomic E-state index is 0.0794. The van der Waals surface area contributed by atoms with Gasteiger partial charge in [-0.3, -0.25) is 0 Å². The van der Waals surface area contributed by atoms with Crippen molar-refractivity contribution >= 4 is 16.7 Å². The lowest BCUT2D eigenvalue weighted by atomic mass is 9.76. The molecule has 1 saturated carbocycles. The van der Waals surface area contributed by atoms with Crippen LogP contribution in [0, 0.1) is 16.7 Å². The molecule has 0 heterocycles. The van der Waals surface area contributed by atoms with Gasteiger partial charge in [0.1, 0.15) is 0 Å². The molecular formula is C21H22O2. The Bertz CT molecular complexity index is 806. The van der Waals surface area contributed by atoms with Gasteiger partial charge in [-0.05, 0) is 47.1 Å². The molecule has 3 unspecified atom stereocenters. The van der Waals surface area contributed by atoms with Crippen LogP contribution >= 0.6 is 0 Å². The number of esters is 1. The summed E-state index contributed by atoms with van der Waals surface area (Å²) in [5, 5.41) is 2.21. The Morgan fingerprint density at radius 1 is 1.17 bits per heavy atom.